The number of aromatic nitrogens is 3. The minimum Gasteiger partial charge on any atom is -0.459 e. The van der Waals surface area contributed by atoms with Crippen molar-refractivity contribution in [3.05, 3.63) is 59.6 Å². The van der Waals surface area contributed by atoms with Crippen LogP contribution in [0.2, 0.25) is 0 Å². The second-order valence-electron chi connectivity index (χ2n) is 5.41. The molecule has 0 aromatic carbocycles. The zero-order valence-electron chi connectivity index (χ0n) is 12.8. The molecule has 0 spiro atoms. The highest BCUT2D eigenvalue weighted by molar-refractivity contribution is 5.91. The van der Waals surface area contributed by atoms with Crippen molar-refractivity contribution in [2.45, 2.75) is 19.5 Å². The molecule has 0 saturated heterocycles. The van der Waals surface area contributed by atoms with E-state index in [-0.39, 0.29) is 5.91 Å². The summed E-state index contributed by atoms with van der Waals surface area (Å²) in [7, 11) is 0. The summed E-state index contributed by atoms with van der Waals surface area (Å²) in [5.74, 6) is 1.56. The van der Waals surface area contributed by atoms with Crippen LogP contribution in [-0.2, 0) is 19.5 Å². The maximum atomic E-state index is 12.4. The number of anilines is 1. The van der Waals surface area contributed by atoms with E-state index in [1.54, 1.807) is 35.5 Å². The van der Waals surface area contributed by atoms with Crippen LogP contribution >= 0.6 is 0 Å². The van der Waals surface area contributed by atoms with Crippen LogP contribution in [-0.4, -0.2) is 32.5 Å². The molecule has 0 aliphatic carbocycles. The molecule has 0 saturated carbocycles. The molecule has 0 bridgehead atoms. The van der Waals surface area contributed by atoms with E-state index >= 15 is 0 Å². The zero-order chi connectivity index (χ0) is 16.4. The van der Waals surface area contributed by atoms with Gasteiger partial charge in [-0.3, -0.25) is 4.79 Å². The van der Waals surface area contributed by atoms with Gasteiger partial charge in [0.2, 0.25) is 5.95 Å². The topological polar surface area (TPSA) is 97.3 Å². The van der Waals surface area contributed by atoms with Gasteiger partial charge in [-0.05, 0) is 18.2 Å². The molecule has 0 unspecified atom stereocenters. The van der Waals surface area contributed by atoms with Gasteiger partial charge in [0.15, 0.2) is 5.76 Å². The van der Waals surface area contributed by atoms with Crippen molar-refractivity contribution in [1.82, 2.24) is 20.0 Å². The van der Waals surface area contributed by atoms with Gasteiger partial charge in [-0.2, -0.15) is 0 Å². The average molecular weight is 325 g/mol. The first kappa shape index (κ1) is 14.4. The van der Waals surface area contributed by atoms with Gasteiger partial charge < -0.3 is 19.2 Å². The van der Waals surface area contributed by atoms with Crippen LogP contribution in [0.25, 0.3) is 0 Å². The maximum Gasteiger partial charge on any atom is 0.289 e. The van der Waals surface area contributed by atoms with E-state index in [2.05, 4.69) is 20.4 Å². The second-order valence-corrected chi connectivity index (χ2v) is 5.41. The largest absolute Gasteiger partial charge is 0.459 e. The lowest BCUT2D eigenvalue weighted by atomic mass is 10.1. The predicted octanol–water partition coefficient (Wildman–Crippen LogP) is 1.87. The Kier molecular flexibility index (Phi) is 3.70. The molecule has 3 aromatic rings. The lowest BCUT2D eigenvalue weighted by Crippen LogP contribution is -2.35. The Morgan fingerprint density at radius 1 is 1.29 bits per heavy atom. The third-order valence-corrected chi connectivity index (χ3v) is 3.91. The third-order valence-electron chi connectivity index (χ3n) is 3.91. The van der Waals surface area contributed by atoms with E-state index in [0.29, 0.717) is 37.8 Å². The molecule has 4 heterocycles. The summed E-state index contributed by atoms with van der Waals surface area (Å²) in [5.41, 5.74) is 1.69. The van der Waals surface area contributed by atoms with E-state index < -0.39 is 0 Å². The Labute approximate surface area is 137 Å². The highest BCUT2D eigenvalue weighted by Crippen LogP contribution is 2.24. The van der Waals surface area contributed by atoms with Crippen molar-refractivity contribution in [3.8, 4) is 0 Å². The molecule has 0 atom stereocenters. The number of fused-ring (bicyclic) bond motifs is 1. The van der Waals surface area contributed by atoms with Crippen LogP contribution in [0.3, 0.4) is 0 Å². The van der Waals surface area contributed by atoms with Crippen molar-refractivity contribution in [2.24, 2.45) is 0 Å². The SMILES string of the molecule is O=C(c1ccco1)N1CCc2onc(CNc3ncccn3)c2C1. The van der Waals surface area contributed by atoms with E-state index in [4.69, 9.17) is 8.94 Å². The average Bonchev–Trinajstić information content (AvgIpc) is 3.30. The molecule has 8 heteroatoms. The molecule has 0 radical (unpaired) electrons. The minimum absolute atomic E-state index is 0.128. The first-order valence-corrected chi connectivity index (χ1v) is 7.61. The molecule has 1 amide bonds. The quantitative estimate of drug-likeness (QED) is 0.782. The van der Waals surface area contributed by atoms with Crippen LogP contribution in [0.4, 0.5) is 5.95 Å². The predicted molar refractivity (Wildman–Crippen MR) is 83.0 cm³/mol. The molecular formula is C16H15N5O3. The van der Waals surface area contributed by atoms with Crippen molar-refractivity contribution < 1.29 is 13.7 Å². The summed E-state index contributed by atoms with van der Waals surface area (Å²) in [5, 5.41) is 7.22. The molecule has 122 valence electrons. The molecule has 1 N–H and O–H groups in total. The number of rotatable bonds is 4. The number of hydrogen-bond acceptors (Lipinski definition) is 7. The lowest BCUT2D eigenvalue weighted by Gasteiger charge is -2.25. The number of carbonyl (C=O) groups excluding carboxylic acids is 1. The highest BCUT2D eigenvalue weighted by atomic mass is 16.5. The number of nitrogens with one attached hydrogen (secondary N) is 1. The van der Waals surface area contributed by atoms with Crippen LogP contribution in [0.1, 0.15) is 27.6 Å². The minimum atomic E-state index is -0.128. The molecule has 1 aliphatic heterocycles. The second kappa shape index (κ2) is 6.15. The fourth-order valence-electron chi connectivity index (χ4n) is 2.69. The van der Waals surface area contributed by atoms with Gasteiger partial charge in [0.1, 0.15) is 11.5 Å². The van der Waals surface area contributed by atoms with Crippen LogP contribution in [0, 0.1) is 0 Å². The fourth-order valence-corrected chi connectivity index (χ4v) is 2.69. The Balaban J connectivity index is 1.48. The van der Waals surface area contributed by atoms with Crippen LogP contribution < -0.4 is 5.32 Å². The number of amides is 1. The Bertz CT molecular complexity index is 829. The van der Waals surface area contributed by atoms with Gasteiger partial charge in [0.25, 0.3) is 5.91 Å². The van der Waals surface area contributed by atoms with Crippen molar-refractivity contribution in [3.63, 3.8) is 0 Å². The first-order valence-electron chi connectivity index (χ1n) is 7.61. The molecule has 4 rings (SSSR count). The number of furan rings is 1. The first-order chi connectivity index (χ1) is 11.8. The number of nitrogens with zero attached hydrogens (tertiary/aromatic N) is 4. The third kappa shape index (κ3) is 2.73. The van der Waals surface area contributed by atoms with Gasteiger partial charge in [-0.1, -0.05) is 5.16 Å². The van der Waals surface area contributed by atoms with E-state index in [0.717, 1.165) is 17.0 Å². The van der Waals surface area contributed by atoms with Crippen LogP contribution in [0.15, 0.2) is 45.8 Å². The maximum absolute atomic E-state index is 12.4. The number of hydrogen-bond donors (Lipinski definition) is 1. The lowest BCUT2D eigenvalue weighted by molar-refractivity contribution is 0.0696. The smallest absolute Gasteiger partial charge is 0.289 e. The molecular weight excluding hydrogens is 310 g/mol. The summed E-state index contributed by atoms with van der Waals surface area (Å²) in [6, 6.07) is 5.12. The van der Waals surface area contributed by atoms with E-state index in [1.807, 2.05) is 0 Å². The molecule has 8 nitrogen and oxygen atoms in total. The van der Waals surface area contributed by atoms with Crippen molar-refractivity contribution in [1.29, 1.82) is 0 Å². The summed E-state index contributed by atoms with van der Waals surface area (Å²) in [6.07, 6.45) is 5.46. The monoisotopic (exact) mass is 325 g/mol. The van der Waals surface area contributed by atoms with Gasteiger partial charge in [-0.15, -0.1) is 0 Å². The van der Waals surface area contributed by atoms with Gasteiger partial charge in [-0.25, -0.2) is 9.97 Å². The van der Waals surface area contributed by atoms with E-state index in [9.17, 15) is 4.79 Å². The Morgan fingerprint density at radius 2 is 2.17 bits per heavy atom. The zero-order valence-corrected chi connectivity index (χ0v) is 12.8. The molecule has 0 fully saturated rings. The fraction of sp³-hybridized carbons (Fsp3) is 0.250. The molecule has 1 aliphatic rings. The van der Waals surface area contributed by atoms with Gasteiger partial charge in [0, 0.05) is 30.9 Å². The summed E-state index contributed by atoms with van der Waals surface area (Å²) in [6.45, 7) is 1.47. The van der Waals surface area contributed by atoms with Crippen molar-refractivity contribution in [2.75, 3.05) is 11.9 Å². The molecule has 3 aromatic heterocycles. The van der Waals surface area contributed by atoms with Gasteiger partial charge >= 0.3 is 0 Å². The molecule has 24 heavy (non-hydrogen) atoms. The Morgan fingerprint density at radius 3 is 2.96 bits per heavy atom. The van der Waals surface area contributed by atoms with Crippen LogP contribution in [0.5, 0.6) is 0 Å². The Hall–Kier alpha value is -3.16. The van der Waals surface area contributed by atoms with Gasteiger partial charge in [0.05, 0.1) is 19.4 Å². The summed E-state index contributed by atoms with van der Waals surface area (Å²) >= 11 is 0. The number of carbonyl (C=O) groups is 1. The highest BCUT2D eigenvalue weighted by Gasteiger charge is 2.28. The summed E-state index contributed by atoms with van der Waals surface area (Å²) < 4.78 is 10.6. The van der Waals surface area contributed by atoms with Crippen molar-refractivity contribution >= 4 is 11.9 Å². The van der Waals surface area contributed by atoms with E-state index in [1.165, 1.54) is 6.26 Å². The standard InChI is InChI=1S/C16H15N5O3/c22-15(14-3-1-8-23-14)21-7-4-13-11(10-21)12(20-24-13)9-19-16-17-5-2-6-18-16/h1-3,5-6,8H,4,7,9-10H2,(H,17,18,19). The normalized spacial score (nSPS) is 13.6. The summed E-state index contributed by atoms with van der Waals surface area (Å²) in [4.78, 5) is 22.4.